The van der Waals surface area contributed by atoms with Crippen molar-refractivity contribution in [3.8, 4) is 17.2 Å². The van der Waals surface area contributed by atoms with Gasteiger partial charge in [0.15, 0.2) is 0 Å². The quantitative estimate of drug-likeness (QED) is 0.294. The second-order valence-electron chi connectivity index (χ2n) is 9.86. The van der Waals surface area contributed by atoms with Crippen LogP contribution in [-0.2, 0) is 11.3 Å². The van der Waals surface area contributed by atoms with Gasteiger partial charge in [-0.2, -0.15) is 0 Å². The molecule has 1 atom stereocenters. The van der Waals surface area contributed by atoms with E-state index in [1.165, 1.54) is 0 Å². The van der Waals surface area contributed by atoms with Gasteiger partial charge in [-0.3, -0.25) is 9.59 Å². The van der Waals surface area contributed by atoms with Crippen LogP contribution in [0.3, 0.4) is 0 Å². The van der Waals surface area contributed by atoms with Gasteiger partial charge in [-0.25, -0.2) is 0 Å². The summed E-state index contributed by atoms with van der Waals surface area (Å²) in [6, 6.07) is 28.1. The van der Waals surface area contributed by atoms with Gasteiger partial charge in [0.05, 0.1) is 13.2 Å². The second kappa shape index (κ2) is 11.5. The number of amides is 2. The topological polar surface area (TPSA) is 64.0 Å². The van der Waals surface area contributed by atoms with Gasteiger partial charge >= 0.3 is 0 Å². The van der Waals surface area contributed by atoms with Crippen LogP contribution in [0, 0.1) is 0 Å². The summed E-state index contributed by atoms with van der Waals surface area (Å²) in [5, 5.41) is 0. The first-order valence-corrected chi connectivity index (χ1v) is 13.2. The number of aromatic nitrogens is 1. The standard InChI is InChI=1S/C32H33N3O4/c1-23(2)35(32(37)25-11-8-14-27(21-25)38-3)22-30(36)34-19-18-33-17-9-16-29(33)31(34)24-10-7-15-28(20-24)39-26-12-5-4-6-13-26/h4-17,20-21,23,31H,18-19,22H2,1-3H3. The van der Waals surface area contributed by atoms with Crippen molar-refractivity contribution in [2.24, 2.45) is 0 Å². The number of benzene rings is 3. The molecule has 39 heavy (non-hydrogen) atoms. The SMILES string of the molecule is COc1cccc(C(=O)N(CC(=O)N2CCn3cccc3C2c2cccc(Oc3ccccc3)c2)C(C)C)c1. The van der Waals surface area contributed by atoms with Gasteiger partial charge in [-0.1, -0.05) is 36.4 Å². The van der Waals surface area contributed by atoms with Crippen LogP contribution in [0.2, 0.25) is 0 Å². The predicted molar refractivity (Wildman–Crippen MR) is 150 cm³/mol. The van der Waals surface area contributed by atoms with E-state index < -0.39 is 0 Å². The van der Waals surface area contributed by atoms with E-state index >= 15 is 0 Å². The van der Waals surface area contributed by atoms with Crippen LogP contribution < -0.4 is 9.47 Å². The van der Waals surface area contributed by atoms with E-state index in [1.54, 1.807) is 36.3 Å². The number of hydrogen-bond donors (Lipinski definition) is 0. The smallest absolute Gasteiger partial charge is 0.254 e. The van der Waals surface area contributed by atoms with E-state index in [2.05, 4.69) is 10.6 Å². The van der Waals surface area contributed by atoms with E-state index in [9.17, 15) is 9.59 Å². The molecule has 0 saturated carbocycles. The normalized spacial score (nSPS) is 14.6. The van der Waals surface area contributed by atoms with Crippen molar-refractivity contribution in [3.05, 3.63) is 114 Å². The second-order valence-corrected chi connectivity index (χ2v) is 9.86. The van der Waals surface area contributed by atoms with Crippen molar-refractivity contribution >= 4 is 11.8 Å². The highest BCUT2D eigenvalue weighted by Gasteiger charge is 2.34. The summed E-state index contributed by atoms with van der Waals surface area (Å²) in [7, 11) is 1.57. The van der Waals surface area contributed by atoms with Crippen LogP contribution in [0.1, 0.15) is 41.5 Å². The molecule has 0 N–H and O–H groups in total. The first kappa shape index (κ1) is 26.1. The fourth-order valence-electron chi connectivity index (χ4n) is 5.02. The molecule has 0 fully saturated rings. The van der Waals surface area contributed by atoms with Crippen LogP contribution in [0.4, 0.5) is 0 Å². The third-order valence-electron chi connectivity index (χ3n) is 7.02. The van der Waals surface area contributed by atoms with Crippen molar-refractivity contribution in [1.82, 2.24) is 14.4 Å². The molecule has 1 aliphatic rings. The Kier molecular flexibility index (Phi) is 7.68. The van der Waals surface area contributed by atoms with Crippen LogP contribution in [0.5, 0.6) is 17.2 Å². The largest absolute Gasteiger partial charge is 0.497 e. The fourth-order valence-corrected chi connectivity index (χ4v) is 5.02. The number of carbonyl (C=O) groups excluding carboxylic acids is 2. The molecular formula is C32H33N3O4. The summed E-state index contributed by atoms with van der Waals surface area (Å²) in [4.78, 5) is 30.9. The zero-order chi connectivity index (χ0) is 27.4. The molecule has 1 unspecified atom stereocenters. The summed E-state index contributed by atoms with van der Waals surface area (Å²) >= 11 is 0. The summed E-state index contributed by atoms with van der Waals surface area (Å²) in [6.45, 7) is 5.05. The Morgan fingerprint density at radius 1 is 0.872 bits per heavy atom. The van der Waals surface area contributed by atoms with Gasteiger partial charge in [-0.05, 0) is 74.0 Å². The molecule has 0 radical (unpaired) electrons. The van der Waals surface area contributed by atoms with E-state index in [0.29, 0.717) is 30.2 Å². The Hall–Kier alpha value is -4.52. The third kappa shape index (κ3) is 5.67. The Morgan fingerprint density at radius 3 is 2.38 bits per heavy atom. The molecule has 7 nitrogen and oxygen atoms in total. The molecular weight excluding hydrogens is 490 g/mol. The first-order valence-electron chi connectivity index (χ1n) is 13.2. The minimum atomic E-state index is -0.304. The van der Waals surface area contributed by atoms with Gasteiger partial charge in [-0.15, -0.1) is 0 Å². The van der Waals surface area contributed by atoms with Crippen molar-refractivity contribution in [3.63, 3.8) is 0 Å². The highest BCUT2D eigenvalue weighted by Crippen LogP contribution is 2.35. The number of carbonyl (C=O) groups is 2. The first-order chi connectivity index (χ1) is 18.9. The van der Waals surface area contributed by atoms with Crippen molar-refractivity contribution < 1.29 is 19.1 Å². The number of hydrogen-bond acceptors (Lipinski definition) is 4. The Morgan fingerprint density at radius 2 is 1.62 bits per heavy atom. The van der Waals surface area contributed by atoms with Crippen molar-refractivity contribution in [1.29, 1.82) is 0 Å². The van der Waals surface area contributed by atoms with Crippen molar-refractivity contribution in [2.75, 3.05) is 20.2 Å². The fraction of sp³-hybridized carbons (Fsp3) is 0.250. The lowest BCUT2D eigenvalue weighted by molar-refractivity contribution is -0.135. The number of fused-ring (bicyclic) bond motifs is 1. The molecule has 7 heteroatoms. The minimum absolute atomic E-state index is 0.0227. The average molecular weight is 524 g/mol. The monoisotopic (exact) mass is 523 g/mol. The molecule has 0 bridgehead atoms. The Bertz CT molecular complexity index is 1450. The molecule has 0 spiro atoms. The van der Waals surface area contributed by atoms with Gasteiger partial charge in [0, 0.05) is 36.6 Å². The lowest BCUT2D eigenvalue weighted by atomic mass is 9.99. The predicted octanol–water partition coefficient (Wildman–Crippen LogP) is 5.77. The van der Waals surface area contributed by atoms with Crippen LogP contribution >= 0.6 is 0 Å². The molecule has 0 saturated heterocycles. The molecule has 2 heterocycles. The summed E-state index contributed by atoms with van der Waals surface area (Å²) in [5.41, 5.74) is 2.47. The number of rotatable bonds is 8. The maximum atomic E-state index is 13.9. The molecule has 1 aromatic heterocycles. The molecule has 200 valence electrons. The number of methoxy groups -OCH3 is 1. The molecule has 1 aliphatic heterocycles. The average Bonchev–Trinajstić information content (AvgIpc) is 3.44. The number of nitrogens with zero attached hydrogens (tertiary/aromatic N) is 3. The number of ether oxygens (including phenoxy) is 2. The molecule has 0 aliphatic carbocycles. The highest BCUT2D eigenvalue weighted by molar-refractivity contribution is 5.97. The van der Waals surface area contributed by atoms with Crippen LogP contribution in [-0.4, -0.2) is 52.4 Å². The zero-order valence-electron chi connectivity index (χ0n) is 22.5. The maximum absolute atomic E-state index is 13.9. The van der Waals surface area contributed by atoms with Gasteiger partial charge in [0.25, 0.3) is 5.91 Å². The zero-order valence-corrected chi connectivity index (χ0v) is 22.5. The summed E-state index contributed by atoms with van der Waals surface area (Å²) in [6.07, 6.45) is 2.04. The van der Waals surface area contributed by atoms with Crippen molar-refractivity contribution in [2.45, 2.75) is 32.5 Å². The van der Waals surface area contributed by atoms with E-state index in [1.807, 2.05) is 85.6 Å². The number of para-hydroxylation sites is 1. The molecule has 3 aromatic carbocycles. The molecule has 2 amide bonds. The van der Waals surface area contributed by atoms with Gasteiger partial charge in [0.1, 0.15) is 23.8 Å². The van der Waals surface area contributed by atoms with Gasteiger partial charge < -0.3 is 23.8 Å². The summed E-state index contributed by atoms with van der Waals surface area (Å²) < 4.78 is 13.6. The Balaban J connectivity index is 1.43. The minimum Gasteiger partial charge on any atom is -0.497 e. The van der Waals surface area contributed by atoms with Crippen LogP contribution in [0.15, 0.2) is 97.2 Å². The van der Waals surface area contributed by atoms with Gasteiger partial charge in [0.2, 0.25) is 5.91 Å². The highest BCUT2D eigenvalue weighted by atomic mass is 16.5. The molecule has 5 rings (SSSR count). The van der Waals surface area contributed by atoms with E-state index in [0.717, 1.165) is 17.0 Å². The lowest BCUT2D eigenvalue weighted by Crippen LogP contribution is -2.49. The Labute approximate surface area is 229 Å². The third-order valence-corrected chi connectivity index (χ3v) is 7.02. The maximum Gasteiger partial charge on any atom is 0.254 e. The van der Waals surface area contributed by atoms with E-state index in [-0.39, 0.29) is 30.4 Å². The summed E-state index contributed by atoms with van der Waals surface area (Å²) in [5.74, 6) is 1.74. The lowest BCUT2D eigenvalue weighted by Gasteiger charge is -2.39. The van der Waals surface area contributed by atoms with E-state index in [4.69, 9.17) is 9.47 Å². The van der Waals surface area contributed by atoms with Crippen LogP contribution in [0.25, 0.3) is 0 Å². The molecule has 4 aromatic rings.